The molecule has 168 valence electrons. The predicted octanol–water partition coefficient (Wildman–Crippen LogP) is 0.290. The maximum atomic E-state index is 13.0. The zero-order valence-corrected chi connectivity index (χ0v) is 18.9. The molecule has 0 bridgehead atoms. The van der Waals surface area contributed by atoms with Crippen LogP contribution in [0, 0.1) is 0 Å². The standard InChI is InChI=1S/C19H21BrN2O8S/c20-6-7-29-8-9-30-10-11-31(27,28)14-3-1-2-12-16(14)19(26)22(18(12)25)13-4-5-15(23)21-17(13)24/h1-3,13H,4-11H2,(H,21,23,24). The van der Waals surface area contributed by atoms with Crippen molar-refractivity contribution in [2.24, 2.45) is 0 Å². The highest BCUT2D eigenvalue weighted by atomic mass is 79.9. The van der Waals surface area contributed by atoms with Gasteiger partial charge in [-0.25, -0.2) is 8.42 Å². The number of hydrogen-bond acceptors (Lipinski definition) is 8. The van der Waals surface area contributed by atoms with Gasteiger partial charge in [-0.3, -0.25) is 29.4 Å². The van der Waals surface area contributed by atoms with Crippen molar-refractivity contribution in [3.05, 3.63) is 29.3 Å². The molecule has 1 fully saturated rings. The number of imide groups is 2. The van der Waals surface area contributed by atoms with Crippen LogP contribution in [0.3, 0.4) is 0 Å². The molecule has 1 aromatic rings. The number of nitrogens with zero attached hydrogens (tertiary/aromatic N) is 1. The molecule has 10 nitrogen and oxygen atoms in total. The lowest BCUT2D eigenvalue weighted by Gasteiger charge is -2.27. The largest absolute Gasteiger partial charge is 0.378 e. The van der Waals surface area contributed by atoms with E-state index in [9.17, 15) is 27.6 Å². The van der Waals surface area contributed by atoms with Gasteiger partial charge in [-0.2, -0.15) is 0 Å². The van der Waals surface area contributed by atoms with E-state index in [4.69, 9.17) is 9.47 Å². The molecule has 0 saturated carbocycles. The predicted molar refractivity (Wildman–Crippen MR) is 111 cm³/mol. The summed E-state index contributed by atoms with van der Waals surface area (Å²) in [5.41, 5.74) is -0.335. The third-order valence-corrected chi connectivity index (χ3v) is 6.89. The summed E-state index contributed by atoms with van der Waals surface area (Å²) in [4.78, 5) is 49.8. The van der Waals surface area contributed by atoms with Crippen LogP contribution >= 0.6 is 15.9 Å². The molecule has 0 spiro atoms. The van der Waals surface area contributed by atoms with Crippen LogP contribution in [0.15, 0.2) is 23.1 Å². The van der Waals surface area contributed by atoms with Gasteiger partial charge in [0.25, 0.3) is 11.8 Å². The molecule has 1 aromatic carbocycles. The van der Waals surface area contributed by atoms with Crippen molar-refractivity contribution in [3.8, 4) is 0 Å². The molecule has 31 heavy (non-hydrogen) atoms. The smallest absolute Gasteiger partial charge is 0.263 e. The summed E-state index contributed by atoms with van der Waals surface area (Å²) in [7, 11) is -3.94. The summed E-state index contributed by atoms with van der Waals surface area (Å²) in [6.45, 7) is 0.941. The minimum atomic E-state index is -3.94. The average molecular weight is 517 g/mol. The Labute approximate surface area is 187 Å². The van der Waals surface area contributed by atoms with E-state index < -0.39 is 39.5 Å². The van der Waals surface area contributed by atoms with Crippen molar-refractivity contribution in [1.29, 1.82) is 0 Å². The normalized spacial score (nSPS) is 19.0. The van der Waals surface area contributed by atoms with Crippen LogP contribution < -0.4 is 5.32 Å². The van der Waals surface area contributed by atoms with Crippen molar-refractivity contribution >= 4 is 49.4 Å². The second kappa shape index (κ2) is 9.98. The van der Waals surface area contributed by atoms with Crippen molar-refractivity contribution < 1.29 is 37.1 Å². The van der Waals surface area contributed by atoms with Crippen LogP contribution in [-0.2, 0) is 28.9 Å². The third-order valence-electron chi connectivity index (χ3n) is 4.85. The Morgan fingerprint density at radius 1 is 1.03 bits per heavy atom. The number of rotatable bonds is 10. The van der Waals surface area contributed by atoms with E-state index >= 15 is 0 Å². The molecular formula is C19H21BrN2O8S. The second-order valence-corrected chi connectivity index (χ2v) is 9.73. The van der Waals surface area contributed by atoms with Crippen LogP contribution in [0.5, 0.6) is 0 Å². The fourth-order valence-corrected chi connectivity index (χ4v) is 4.98. The first-order valence-corrected chi connectivity index (χ1v) is 12.3. The van der Waals surface area contributed by atoms with Crippen molar-refractivity contribution in [2.45, 2.75) is 23.8 Å². The van der Waals surface area contributed by atoms with Crippen LogP contribution in [0.25, 0.3) is 0 Å². The summed E-state index contributed by atoms with van der Waals surface area (Å²) < 4.78 is 36.2. The Bertz CT molecular complexity index is 1010. The summed E-state index contributed by atoms with van der Waals surface area (Å²) in [6, 6.07) is 2.81. The van der Waals surface area contributed by atoms with Crippen LogP contribution in [0.1, 0.15) is 33.6 Å². The molecule has 0 aliphatic carbocycles. The Morgan fingerprint density at radius 2 is 1.74 bits per heavy atom. The van der Waals surface area contributed by atoms with Gasteiger partial charge in [-0.1, -0.05) is 22.0 Å². The zero-order chi connectivity index (χ0) is 22.6. The minimum absolute atomic E-state index is 0.0107. The lowest BCUT2D eigenvalue weighted by Crippen LogP contribution is -2.54. The van der Waals surface area contributed by atoms with Gasteiger partial charge in [0, 0.05) is 11.8 Å². The van der Waals surface area contributed by atoms with Gasteiger partial charge in [0.05, 0.1) is 48.2 Å². The molecule has 2 aliphatic heterocycles. The van der Waals surface area contributed by atoms with Gasteiger partial charge < -0.3 is 9.47 Å². The number of ether oxygens (including phenoxy) is 2. The number of carbonyl (C=O) groups is 4. The molecule has 4 amide bonds. The number of benzene rings is 1. The number of sulfone groups is 1. The lowest BCUT2D eigenvalue weighted by molar-refractivity contribution is -0.136. The maximum Gasteiger partial charge on any atom is 0.263 e. The van der Waals surface area contributed by atoms with E-state index in [1.54, 1.807) is 0 Å². The number of alkyl halides is 1. The average Bonchev–Trinajstić information content (AvgIpc) is 2.98. The van der Waals surface area contributed by atoms with Gasteiger partial charge >= 0.3 is 0 Å². The molecule has 1 unspecified atom stereocenters. The Kier molecular flexibility index (Phi) is 7.57. The molecular weight excluding hydrogens is 496 g/mol. The molecule has 1 saturated heterocycles. The molecule has 0 radical (unpaired) electrons. The number of piperidine rings is 1. The molecule has 1 atom stereocenters. The highest BCUT2D eigenvalue weighted by Crippen LogP contribution is 2.32. The van der Waals surface area contributed by atoms with Gasteiger partial charge in [0.1, 0.15) is 6.04 Å². The molecule has 2 heterocycles. The maximum absolute atomic E-state index is 13.0. The van der Waals surface area contributed by atoms with E-state index in [1.165, 1.54) is 18.2 Å². The number of halogens is 1. The van der Waals surface area contributed by atoms with E-state index in [1.807, 2.05) is 0 Å². The number of nitrogens with one attached hydrogen (secondary N) is 1. The summed E-state index contributed by atoms with van der Waals surface area (Å²) >= 11 is 3.22. The van der Waals surface area contributed by atoms with Crippen LogP contribution in [0.2, 0.25) is 0 Å². The van der Waals surface area contributed by atoms with Crippen LogP contribution in [-0.4, -0.2) is 80.5 Å². The number of fused-ring (bicyclic) bond motifs is 1. The molecule has 2 aliphatic rings. The topological polar surface area (TPSA) is 136 Å². The molecule has 1 N–H and O–H groups in total. The highest BCUT2D eigenvalue weighted by molar-refractivity contribution is 9.09. The molecule has 3 rings (SSSR count). The fourth-order valence-electron chi connectivity index (χ4n) is 3.40. The summed E-state index contributed by atoms with van der Waals surface area (Å²) in [5, 5.41) is 2.78. The van der Waals surface area contributed by atoms with Crippen molar-refractivity contribution in [3.63, 3.8) is 0 Å². The first-order valence-electron chi connectivity index (χ1n) is 9.56. The third kappa shape index (κ3) is 5.03. The van der Waals surface area contributed by atoms with Crippen molar-refractivity contribution in [2.75, 3.05) is 37.5 Å². The number of carbonyl (C=O) groups excluding carboxylic acids is 4. The summed E-state index contributed by atoms with van der Waals surface area (Å²) in [5.74, 6) is -3.25. The zero-order valence-electron chi connectivity index (χ0n) is 16.5. The first kappa shape index (κ1) is 23.5. The lowest BCUT2D eigenvalue weighted by atomic mass is 10.0. The number of hydrogen-bond donors (Lipinski definition) is 1. The minimum Gasteiger partial charge on any atom is -0.378 e. The fraction of sp³-hybridized carbons (Fsp3) is 0.474. The van der Waals surface area contributed by atoms with Gasteiger partial charge in [-0.05, 0) is 18.6 Å². The molecule has 12 heteroatoms. The van der Waals surface area contributed by atoms with Crippen molar-refractivity contribution in [1.82, 2.24) is 10.2 Å². The first-order chi connectivity index (χ1) is 14.8. The number of amides is 4. The summed E-state index contributed by atoms with van der Waals surface area (Å²) in [6.07, 6.45) is -0.0329. The second-order valence-electron chi connectivity index (χ2n) is 6.86. The van der Waals surface area contributed by atoms with Gasteiger partial charge in [-0.15, -0.1) is 0 Å². The van der Waals surface area contributed by atoms with E-state index in [0.717, 1.165) is 4.90 Å². The van der Waals surface area contributed by atoms with Gasteiger partial charge in [0.15, 0.2) is 9.84 Å². The Hall–Kier alpha value is -2.15. The Morgan fingerprint density at radius 3 is 2.42 bits per heavy atom. The van der Waals surface area contributed by atoms with Crippen LogP contribution in [0.4, 0.5) is 0 Å². The Balaban J connectivity index is 1.75. The van der Waals surface area contributed by atoms with E-state index in [2.05, 4.69) is 21.2 Å². The molecule has 0 aromatic heterocycles. The van der Waals surface area contributed by atoms with E-state index in [-0.39, 0.29) is 47.8 Å². The highest BCUT2D eigenvalue weighted by Gasteiger charge is 2.46. The SMILES string of the molecule is O=C1CCC(N2C(=O)c3cccc(S(=O)(=O)CCOCCOCCBr)c3C2=O)C(=O)N1. The van der Waals surface area contributed by atoms with E-state index in [0.29, 0.717) is 18.5 Å². The monoisotopic (exact) mass is 516 g/mol. The quantitative estimate of drug-likeness (QED) is 0.266. The van der Waals surface area contributed by atoms with Gasteiger partial charge in [0.2, 0.25) is 11.8 Å².